The molecule has 0 aliphatic heterocycles. The molecule has 2 amide bonds. The summed E-state index contributed by atoms with van der Waals surface area (Å²) in [6.45, 7) is 6.80. The molecule has 0 saturated carbocycles. The van der Waals surface area contributed by atoms with Gasteiger partial charge in [0.25, 0.3) is 0 Å². The van der Waals surface area contributed by atoms with Gasteiger partial charge in [-0.25, -0.2) is 14.0 Å². The maximum atomic E-state index is 13.8. The van der Waals surface area contributed by atoms with E-state index in [9.17, 15) is 23.6 Å². The third-order valence-corrected chi connectivity index (χ3v) is 8.96. The summed E-state index contributed by atoms with van der Waals surface area (Å²) in [4.78, 5) is 51.6. The molecule has 248 valence electrons. The molecule has 15 heteroatoms. The van der Waals surface area contributed by atoms with E-state index < -0.39 is 28.9 Å². The normalized spacial score (nSPS) is 11.4. The molecule has 0 aliphatic carbocycles. The van der Waals surface area contributed by atoms with E-state index in [-0.39, 0.29) is 47.5 Å². The number of rotatable bonds is 14. The molecule has 47 heavy (non-hydrogen) atoms. The minimum absolute atomic E-state index is 0.00844. The van der Waals surface area contributed by atoms with Crippen molar-refractivity contribution < 1.29 is 37.8 Å². The van der Waals surface area contributed by atoms with Crippen LogP contribution in [0.5, 0.6) is 5.75 Å². The Labute approximate surface area is 279 Å². The van der Waals surface area contributed by atoms with Crippen LogP contribution in [0.3, 0.4) is 0 Å². The van der Waals surface area contributed by atoms with E-state index >= 15 is 0 Å². The molecule has 2 aromatic carbocycles. The van der Waals surface area contributed by atoms with Crippen molar-refractivity contribution in [2.24, 2.45) is 0 Å². The Morgan fingerprint density at radius 2 is 1.64 bits per heavy atom. The molecular weight excluding hydrogens is 650 g/mol. The van der Waals surface area contributed by atoms with Crippen LogP contribution < -0.4 is 15.4 Å². The van der Waals surface area contributed by atoms with Crippen LogP contribution in [0.2, 0.25) is 0 Å². The second-order valence-corrected chi connectivity index (χ2v) is 12.3. The van der Waals surface area contributed by atoms with Crippen LogP contribution in [0, 0.1) is 12.7 Å². The lowest BCUT2D eigenvalue weighted by Gasteiger charge is -2.14. The maximum absolute atomic E-state index is 13.8. The first-order valence-electron chi connectivity index (χ1n) is 14.6. The van der Waals surface area contributed by atoms with Crippen molar-refractivity contribution in [2.45, 2.75) is 51.1 Å². The zero-order chi connectivity index (χ0) is 34.1. The van der Waals surface area contributed by atoms with Gasteiger partial charge in [-0.15, -0.1) is 21.5 Å². The molecule has 4 rings (SSSR count). The molecule has 0 fully saturated rings. The van der Waals surface area contributed by atoms with E-state index in [2.05, 4.69) is 20.8 Å². The summed E-state index contributed by atoms with van der Waals surface area (Å²) in [5.41, 5.74) is 1.73. The fraction of sp³-hybridized carbons (Fsp3) is 0.312. The van der Waals surface area contributed by atoms with Crippen molar-refractivity contribution in [1.29, 1.82) is 0 Å². The molecule has 2 aromatic heterocycles. The third kappa shape index (κ3) is 8.74. The van der Waals surface area contributed by atoms with Gasteiger partial charge in [0.1, 0.15) is 21.4 Å². The van der Waals surface area contributed by atoms with E-state index in [0.29, 0.717) is 28.0 Å². The van der Waals surface area contributed by atoms with Gasteiger partial charge in [0.15, 0.2) is 11.0 Å². The fourth-order valence-electron chi connectivity index (χ4n) is 4.38. The van der Waals surface area contributed by atoms with Crippen LogP contribution in [-0.4, -0.2) is 64.1 Å². The molecule has 0 aliphatic rings. The van der Waals surface area contributed by atoms with E-state index in [0.717, 1.165) is 28.7 Å². The third-order valence-electron chi connectivity index (χ3n) is 6.73. The topological polar surface area (TPSA) is 151 Å². The number of hydrogen-bond donors (Lipinski definition) is 2. The highest BCUT2D eigenvalue weighted by Gasteiger charge is 2.29. The lowest BCUT2D eigenvalue weighted by molar-refractivity contribution is -0.120. The average molecular weight is 684 g/mol. The van der Waals surface area contributed by atoms with Gasteiger partial charge >= 0.3 is 11.9 Å². The number of hydrogen-bond acceptors (Lipinski definition) is 11. The minimum atomic E-state index is -0.778. The van der Waals surface area contributed by atoms with Crippen LogP contribution in [0.4, 0.5) is 9.39 Å². The molecule has 0 bridgehead atoms. The number of nitrogens with one attached hydrogen (secondary N) is 2. The van der Waals surface area contributed by atoms with Crippen molar-refractivity contribution in [3.05, 3.63) is 81.7 Å². The van der Waals surface area contributed by atoms with Gasteiger partial charge in [-0.05, 0) is 75.2 Å². The highest BCUT2D eigenvalue weighted by atomic mass is 32.2. The number of halogens is 1. The maximum Gasteiger partial charge on any atom is 0.348 e. The number of carbonyl (C=O) groups is 4. The first kappa shape index (κ1) is 35.1. The monoisotopic (exact) mass is 683 g/mol. The highest BCUT2D eigenvalue weighted by Crippen LogP contribution is 2.35. The van der Waals surface area contributed by atoms with Gasteiger partial charge in [0.2, 0.25) is 11.8 Å². The van der Waals surface area contributed by atoms with Crippen LogP contribution in [0.1, 0.15) is 57.8 Å². The van der Waals surface area contributed by atoms with Crippen molar-refractivity contribution in [3.63, 3.8) is 0 Å². The summed E-state index contributed by atoms with van der Waals surface area (Å²) < 4.78 is 30.9. The van der Waals surface area contributed by atoms with Crippen LogP contribution in [0.15, 0.2) is 53.7 Å². The SMILES string of the molecule is CCOC(=O)c1sc(NC(=O)C(C)Sc2nnc(CNC(=O)Cc3ccc(OC)cc3)n2-c2ccc(F)cc2)c(C(=O)OCC)c1C. The molecule has 0 saturated heterocycles. The molecule has 0 spiro atoms. The van der Waals surface area contributed by atoms with Crippen LogP contribution in [-0.2, 0) is 32.0 Å². The molecule has 1 atom stereocenters. The number of thiophene rings is 1. The summed E-state index contributed by atoms with van der Waals surface area (Å²) in [7, 11) is 1.56. The van der Waals surface area contributed by atoms with E-state index in [1.54, 1.807) is 63.6 Å². The zero-order valence-corrected chi connectivity index (χ0v) is 28.1. The molecule has 1 unspecified atom stereocenters. The van der Waals surface area contributed by atoms with Gasteiger partial charge in [0.05, 0.1) is 44.1 Å². The predicted molar refractivity (Wildman–Crippen MR) is 175 cm³/mol. The second kappa shape index (κ2) is 16.2. The quantitative estimate of drug-likeness (QED) is 0.135. The van der Waals surface area contributed by atoms with E-state index in [4.69, 9.17) is 14.2 Å². The van der Waals surface area contributed by atoms with Gasteiger partial charge in [-0.1, -0.05) is 23.9 Å². The minimum Gasteiger partial charge on any atom is -0.497 e. The zero-order valence-electron chi connectivity index (χ0n) is 26.4. The van der Waals surface area contributed by atoms with E-state index in [1.807, 2.05) is 0 Å². The Morgan fingerprint density at radius 3 is 2.28 bits per heavy atom. The van der Waals surface area contributed by atoms with Gasteiger partial charge in [0, 0.05) is 5.69 Å². The number of benzene rings is 2. The number of anilines is 1. The Morgan fingerprint density at radius 1 is 0.979 bits per heavy atom. The molecule has 0 radical (unpaired) electrons. The van der Waals surface area contributed by atoms with Crippen molar-refractivity contribution >= 4 is 51.9 Å². The first-order chi connectivity index (χ1) is 22.6. The molecule has 4 aromatic rings. The lowest BCUT2D eigenvalue weighted by Crippen LogP contribution is -2.26. The average Bonchev–Trinajstić information content (AvgIpc) is 3.60. The summed E-state index contributed by atoms with van der Waals surface area (Å²) in [5, 5.41) is 13.8. The van der Waals surface area contributed by atoms with Gasteiger partial charge in [-0.3, -0.25) is 14.2 Å². The summed E-state index contributed by atoms with van der Waals surface area (Å²) in [6.07, 6.45) is 0.126. The number of thioether (sulfide) groups is 1. The number of nitrogens with zero attached hydrogens (tertiary/aromatic N) is 3. The summed E-state index contributed by atoms with van der Waals surface area (Å²) >= 11 is 1.99. The first-order valence-corrected chi connectivity index (χ1v) is 16.3. The number of amides is 2. The molecule has 2 N–H and O–H groups in total. The standard InChI is InChI=1S/C32H34FN5O7S2/c1-6-44-30(41)26-18(3)27(31(42)45-7-2)47-29(26)35-28(40)19(4)46-32-37-36-24(38(32)22-12-10-21(33)11-13-22)17-34-25(39)16-20-8-14-23(43-5)15-9-20/h8-15,19H,6-7,16-17H2,1-5H3,(H,34,39)(H,35,40). The van der Waals surface area contributed by atoms with Gasteiger partial charge in [-0.2, -0.15) is 0 Å². The number of carbonyl (C=O) groups excluding carboxylic acids is 4. The number of ether oxygens (including phenoxy) is 3. The highest BCUT2D eigenvalue weighted by molar-refractivity contribution is 8.00. The van der Waals surface area contributed by atoms with Gasteiger partial charge < -0.3 is 24.8 Å². The smallest absolute Gasteiger partial charge is 0.348 e. The summed E-state index contributed by atoms with van der Waals surface area (Å²) in [6, 6.07) is 12.8. The molecular formula is C32H34FN5O7S2. The second-order valence-electron chi connectivity index (χ2n) is 9.96. The predicted octanol–water partition coefficient (Wildman–Crippen LogP) is 5.12. The van der Waals surface area contributed by atoms with Crippen molar-refractivity contribution in [2.75, 3.05) is 25.6 Å². The van der Waals surface area contributed by atoms with Crippen LogP contribution in [0.25, 0.3) is 5.69 Å². The number of methoxy groups -OCH3 is 1. The Hall–Kier alpha value is -4.76. The largest absolute Gasteiger partial charge is 0.497 e. The van der Waals surface area contributed by atoms with Crippen molar-refractivity contribution in [1.82, 2.24) is 20.1 Å². The number of aromatic nitrogens is 3. The van der Waals surface area contributed by atoms with Crippen molar-refractivity contribution in [3.8, 4) is 11.4 Å². The Balaban J connectivity index is 1.54. The Kier molecular flexibility index (Phi) is 12.1. The number of esters is 2. The summed E-state index contributed by atoms with van der Waals surface area (Å²) in [5.74, 6) is -1.43. The Bertz CT molecular complexity index is 1740. The van der Waals surface area contributed by atoms with Crippen LogP contribution >= 0.6 is 23.1 Å². The fourth-order valence-corrected chi connectivity index (χ4v) is 6.35. The van der Waals surface area contributed by atoms with E-state index in [1.165, 1.54) is 24.3 Å². The molecule has 12 nitrogen and oxygen atoms in total. The molecule has 2 heterocycles. The lowest BCUT2D eigenvalue weighted by atomic mass is 10.1.